The van der Waals surface area contributed by atoms with Gasteiger partial charge in [0, 0.05) is 30.7 Å². The zero-order chi connectivity index (χ0) is 18.4. The van der Waals surface area contributed by atoms with Gasteiger partial charge in [-0.15, -0.1) is 0 Å². The number of nitrogens with zero attached hydrogens (tertiary/aromatic N) is 2. The topological polar surface area (TPSA) is 45.5 Å². The number of rotatable bonds is 2. The maximum absolute atomic E-state index is 12.9. The molecule has 0 aliphatic heterocycles. The van der Waals surface area contributed by atoms with Crippen molar-refractivity contribution in [3.8, 4) is 5.75 Å². The lowest BCUT2D eigenvalue weighted by molar-refractivity contribution is -0.137. The van der Waals surface area contributed by atoms with Gasteiger partial charge in [-0.3, -0.25) is 4.79 Å². The van der Waals surface area contributed by atoms with Gasteiger partial charge >= 0.3 is 6.18 Å². The number of anilines is 1. The highest BCUT2D eigenvalue weighted by molar-refractivity contribution is 6.07. The molecule has 25 heavy (non-hydrogen) atoms. The van der Waals surface area contributed by atoms with Crippen molar-refractivity contribution in [2.45, 2.75) is 6.18 Å². The SMILES string of the molecule is CN(C(=O)c1cc2cc(O)ccc2n1C)c1cccc(C(F)(F)F)c1. The van der Waals surface area contributed by atoms with E-state index in [1.165, 1.54) is 36.2 Å². The molecule has 1 amide bonds. The smallest absolute Gasteiger partial charge is 0.416 e. The third-order valence-electron chi connectivity index (χ3n) is 4.11. The van der Waals surface area contributed by atoms with Gasteiger partial charge in [0.05, 0.1) is 5.56 Å². The van der Waals surface area contributed by atoms with Crippen LogP contribution in [-0.2, 0) is 13.2 Å². The summed E-state index contributed by atoms with van der Waals surface area (Å²) < 4.78 is 40.2. The molecule has 2 aromatic carbocycles. The Hall–Kier alpha value is -2.96. The fourth-order valence-electron chi connectivity index (χ4n) is 2.72. The number of aromatic nitrogens is 1. The van der Waals surface area contributed by atoms with E-state index < -0.39 is 17.6 Å². The van der Waals surface area contributed by atoms with E-state index in [0.717, 1.165) is 17.6 Å². The van der Waals surface area contributed by atoms with Crippen molar-refractivity contribution in [2.75, 3.05) is 11.9 Å². The van der Waals surface area contributed by atoms with Gasteiger partial charge in [-0.1, -0.05) is 6.07 Å². The number of amides is 1. The minimum Gasteiger partial charge on any atom is -0.508 e. The van der Waals surface area contributed by atoms with Gasteiger partial charge in [0.2, 0.25) is 0 Å². The molecule has 0 atom stereocenters. The third kappa shape index (κ3) is 3.05. The molecule has 0 fully saturated rings. The number of benzene rings is 2. The largest absolute Gasteiger partial charge is 0.508 e. The van der Waals surface area contributed by atoms with E-state index in [9.17, 15) is 23.1 Å². The first-order chi connectivity index (χ1) is 11.7. The standard InChI is InChI=1S/C18H15F3N2O2/c1-22(13-5-3-4-12(10-13)18(19,20)21)17(25)16-9-11-8-14(24)6-7-15(11)23(16)2/h3-10,24H,1-2H3. The van der Waals surface area contributed by atoms with Crippen molar-refractivity contribution in [1.29, 1.82) is 0 Å². The summed E-state index contributed by atoms with van der Waals surface area (Å²) in [4.78, 5) is 13.9. The van der Waals surface area contributed by atoms with Crippen LogP contribution in [0.3, 0.4) is 0 Å². The maximum atomic E-state index is 12.9. The normalized spacial score (nSPS) is 11.7. The number of phenolic OH excluding ortho intramolecular Hbond substituents is 1. The van der Waals surface area contributed by atoms with Crippen LogP contribution in [0.5, 0.6) is 5.75 Å². The van der Waals surface area contributed by atoms with Crippen LogP contribution < -0.4 is 4.90 Å². The van der Waals surface area contributed by atoms with Gasteiger partial charge in [-0.2, -0.15) is 13.2 Å². The molecule has 7 heteroatoms. The Morgan fingerprint density at radius 2 is 1.84 bits per heavy atom. The second-order valence-electron chi connectivity index (χ2n) is 5.74. The quantitative estimate of drug-likeness (QED) is 0.755. The molecule has 1 heterocycles. The van der Waals surface area contributed by atoms with Crippen LogP contribution >= 0.6 is 0 Å². The van der Waals surface area contributed by atoms with Crippen LogP contribution in [0.25, 0.3) is 10.9 Å². The number of hydrogen-bond acceptors (Lipinski definition) is 2. The fraction of sp³-hybridized carbons (Fsp3) is 0.167. The van der Waals surface area contributed by atoms with E-state index in [-0.39, 0.29) is 11.4 Å². The van der Waals surface area contributed by atoms with Crippen molar-refractivity contribution in [2.24, 2.45) is 7.05 Å². The van der Waals surface area contributed by atoms with Crippen LogP contribution in [0.4, 0.5) is 18.9 Å². The summed E-state index contributed by atoms with van der Waals surface area (Å²) in [7, 11) is 3.11. The first-order valence-electron chi connectivity index (χ1n) is 7.42. The summed E-state index contributed by atoms with van der Waals surface area (Å²) >= 11 is 0. The van der Waals surface area contributed by atoms with E-state index >= 15 is 0 Å². The number of alkyl halides is 3. The molecule has 0 radical (unpaired) electrons. The van der Waals surface area contributed by atoms with Gasteiger partial charge in [0.25, 0.3) is 5.91 Å². The number of carbonyl (C=O) groups excluding carboxylic acids is 1. The van der Waals surface area contributed by atoms with E-state index in [1.54, 1.807) is 23.7 Å². The zero-order valence-electron chi connectivity index (χ0n) is 13.5. The molecule has 1 N–H and O–H groups in total. The molecule has 0 unspecified atom stereocenters. The van der Waals surface area contributed by atoms with Crippen LogP contribution in [0, 0.1) is 0 Å². The van der Waals surface area contributed by atoms with Crippen molar-refractivity contribution in [3.05, 3.63) is 59.8 Å². The summed E-state index contributed by atoms with van der Waals surface area (Å²) in [5, 5.41) is 10.2. The Morgan fingerprint density at radius 3 is 2.52 bits per heavy atom. The van der Waals surface area contributed by atoms with Gasteiger partial charge in [0.1, 0.15) is 11.4 Å². The van der Waals surface area contributed by atoms with Gasteiger partial charge in [-0.05, 0) is 42.5 Å². The molecule has 130 valence electrons. The molecule has 3 aromatic rings. The minimum atomic E-state index is -4.48. The van der Waals surface area contributed by atoms with E-state index in [1.807, 2.05) is 0 Å². The van der Waals surface area contributed by atoms with Crippen molar-refractivity contribution >= 4 is 22.5 Å². The van der Waals surface area contributed by atoms with Gasteiger partial charge < -0.3 is 14.6 Å². The van der Waals surface area contributed by atoms with E-state index in [0.29, 0.717) is 11.1 Å². The van der Waals surface area contributed by atoms with E-state index in [4.69, 9.17) is 0 Å². The maximum Gasteiger partial charge on any atom is 0.416 e. The average molecular weight is 348 g/mol. The second-order valence-corrected chi connectivity index (χ2v) is 5.74. The number of carbonyl (C=O) groups is 1. The molecule has 0 aliphatic rings. The number of hydrogen-bond donors (Lipinski definition) is 1. The lowest BCUT2D eigenvalue weighted by atomic mass is 10.1. The highest BCUT2D eigenvalue weighted by Gasteiger charge is 2.31. The molecule has 1 aromatic heterocycles. The molecule has 4 nitrogen and oxygen atoms in total. The highest BCUT2D eigenvalue weighted by Crippen LogP contribution is 2.32. The lowest BCUT2D eigenvalue weighted by Crippen LogP contribution is -2.28. The van der Waals surface area contributed by atoms with Crippen molar-refractivity contribution in [1.82, 2.24) is 4.57 Å². The van der Waals surface area contributed by atoms with Crippen LogP contribution in [0.15, 0.2) is 48.5 Å². The molecule has 0 bridgehead atoms. The number of fused-ring (bicyclic) bond motifs is 1. The highest BCUT2D eigenvalue weighted by atomic mass is 19.4. The first-order valence-corrected chi connectivity index (χ1v) is 7.42. The van der Waals surface area contributed by atoms with Gasteiger partial charge in [0.15, 0.2) is 0 Å². The molecule has 3 rings (SSSR count). The fourth-order valence-corrected chi connectivity index (χ4v) is 2.72. The molecule has 0 aliphatic carbocycles. The summed E-state index contributed by atoms with van der Waals surface area (Å²) in [6.07, 6.45) is -4.48. The monoisotopic (exact) mass is 348 g/mol. The average Bonchev–Trinajstić information content (AvgIpc) is 2.89. The molecule has 0 saturated carbocycles. The Morgan fingerprint density at radius 1 is 1.12 bits per heavy atom. The minimum absolute atomic E-state index is 0.0725. The Balaban J connectivity index is 2.00. The lowest BCUT2D eigenvalue weighted by Gasteiger charge is -2.19. The number of aryl methyl sites for hydroxylation is 1. The summed E-state index contributed by atoms with van der Waals surface area (Å²) in [5.74, 6) is -0.374. The number of phenols is 1. The summed E-state index contributed by atoms with van der Waals surface area (Å²) in [6.45, 7) is 0. The number of halogens is 3. The summed E-state index contributed by atoms with van der Waals surface area (Å²) in [6, 6.07) is 10.9. The molecular formula is C18H15F3N2O2. The molecule has 0 spiro atoms. The Kier molecular flexibility index (Phi) is 3.94. The molecule has 0 saturated heterocycles. The molecular weight excluding hydrogens is 333 g/mol. The van der Waals surface area contributed by atoms with Gasteiger partial charge in [-0.25, -0.2) is 0 Å². The Labute approximate surface area is 141 Å². The predicted octanol–water partition coefficient (Wildman–Crippen LogP) is 4.18. The van der Waals surface area contributed by atoms with Crippen LogP contribution in [0.1, 0.15) is 16.1 Å². The van der Waals surface area contributed by atoms with Crippen molar-refractivity contribution in [3.63, 3.8) is 0 Å². The second kappa shape index (κ2) is 5.84. The summed E-state index contributed by atoms with van der Waals surface area (Å²) in [5.41, 5.74) is 0.374. The predicted molar refractivity (Wildman–Crippen MR) is 88.8 cm³/mol. The Bertz CT molecular complexity index is 961. The first kappa shape index (κ1) is 16.9. The van der Waals surface area contributed by atoms with Crippen LogP contribution in [-0.4, -0.2) is 22.6 Å². The van der Waals surface area contributed by atoms with E-state index in [2.05, 4.69) is 0 Å². The zero-order valence-corrected chi connectivity index (χ0v) is 13.5. The van der Waals surface area contributed by atoms with Crippen molar-refractivity contribution < 1.29 is 23.1 Å². The number of aromatic hydroxyl groups is 1. The van der Waals surface area contributed by atoms with Crippen LogP contribution in [0.2, 0.25) is 0 Å². The third-order valence-corrected chi connectivity index (χ3v) is 4.11.